The summed E-state index contributed by atoms with van der Waals surface area (Å²) >= 11 is 6.22. The Bertz CT molecular complexity index is 802. The van der Waals surface area contributed by atoms with Crippen LogP contribution >= 0.6 is 11.6 Å². The monoisotopic (exact) mass is 309 g/mol. The van der Waals surface area contributed by atoms with Crippen LogP contribution in [0.15, 0.2) is 55.0 Å². The number of benzene rings is 1. The van der Waals surface area contributed by atoms with Gasteiger partial charge in [-0.15, -0.1) is 0 Å². The number of nitrogens with zero attached hydrogens (tertiary/aromatic N) is 2. The second kappa shape index (κ2) is 6.26. The Kier molecular flexibility index (Phi) is 4.18. The minimum Gasteiger partial charge on any atom is -0.387 e. The summed E-state index contributed by atoms with van der Waals surface area (Å²) in [5.74, 6) is 0. The lowest BCUT2D eigenvalue weighted by Crippen LogP contribution is -1.95. The van der Waals surface area contributed by atoms with Gasteiger partial charge in [0.1, 0.15) is 0 Å². The second-order valence-electron chi connectivity index (χ2n) is 5.01. The largest absolute Gasteiger partial charge is 0.387 e. The molecule has 1 aromatic carbocycles. The van der Waals surface area contributed by atoms with Gasteiger partial charge in [0, 0.05) is 40.3 Å². The molecule has 0 saturated heterocycles. The number of aromatic nitrogens is 2. The lowest BCUT2D eigenvalue weighted by Gasteiger charge is -2.09. The molecule has 0 aliphatic heterocycles. The third-order valence-corrected chi connectivity index (χ3v) is 3.72. The fourth-order valence-electron chi connectivity index (χ4n) is 2.25. The number of rotatable bonds is 3. The van der Waals surface area contributed by atoms with Crippen LogP contribution in [-0.4, -0.2) is 15.1 Å². The van der Waals surface area contributed by atoms with Gasteiger partial charge in [-0.3, -0.25) is 9.97 Å². The van der Waals surface area contributed by atoms with E-state index in [2.05, 4.69) is 16.0 Å². The van der Waals surface area contributed by atoms with Crippen molar-refractivity contribution in [3.05, 3.63) is 71.8 Å². The third-order valence-electron chi connectivity index (χ3n) is 3.41. The fourth-order valence-corrected chi connectivity index (χ4v) is 2.48. The summed E-state index contributed by atoms with van der Waals surface area (Å²) in [6.45, 7) is 1.70. The molecular weight excluding hydrogens is 296 g/mol. The van der Waals surface area contributed by atoms with Crippen LogP contribution < -0.4 is 0 Å². The molecule has 109 valence electrons. The SMILES string of the molecule is CC(O)c1cc(-c2cncc(-c3cc[c]cc3Cl)c2)ccn1. The van der Waals surface area contributed by atoms with Gasteiger partial charge in [-0.1, -0.05) is 23.7 Å². The van der Waals surface area contributed by atoms with Crippen LogP contribution in [0, 0.1) is 6.07 Å². The van der Waals surface area contributed by atoms with Gasteiger partial charge in [-0.25, -0.2) is 0 Å². The van der Waals surface area contributed by atoms with E-state index in [1.807, 2.05) is 30.3 Å². The molecule has 0 bridgehead atoms. The normalized spacial score (nSPS) is 12.1. The maximum Gasteiger partial charge on any atom is 0.0931 e. The molecule has 0 fully saturated rings. The molecule has 4 heteroatoms. The number of pyridine rings is 2. The molecule has 3 aromatic rings. The van der Waals surface area contributed by atoms with Crippen molar-refractivity contribution in [1.82, 2.24) is 9.97 Å². The molecule has 1 unspecified atom stereocenters. The first-order valence-electron chi connectivity index (χ1n) is 6.90. The van der Waals surface area contributed by atoms with Gasteiger partial charge < -0.3 is 5.11 Å². The smallest absolute Gasteiger partial charge is 0.0931 e. The van der Waals surface area contributed by atoms with Crippen LogP contribution in [0.4, 0.5) is 0 Å². The molecule has 1 radical (unpaired) electrons. The van der Waals surface area contributed by atoms with E-state index in [1.165, 1.54) is 0 Å². The highest BCUT2D eigenvalue weighted by Crippen LogP contribution is 2.30. The van der Waals surface area contributed by atoms with Gasteiger partial charge in [0.15, 0.2) is 0 Å². The summed E-state index contributed by atoms with van der Waals surface area (Å²) in [5.41, 5.74) is 4.39. The quantitative estimate of drug-likeness (QED) is 0.784. The summed E-state index contributed by atoms with van der Waals surface area (Å²) in [6, 6.07) is 14.2. The highest BCUT2D eigenvalue weighted by molar-refractivity contribution is 6.33. The Hall–Kier alpha value is -2.23. The van der Waals surface area contributed by atoms with E-state index in [9.17, 15) is 5.11 Å². The van der Waals surface area contributed by atoms with Crippen LogP contribution in [0.3, 0.4) is 0 Å². The summed E-state index contributed by atoms with van der Waals surface area (Å²) in [4.78, 5) is 8.46. The molecule has 3 nitrogen and oxygen atoms in total. The van der Waals surface area contributed by atoms with E-state index < -0.39 is 6.10 Å². The van der Waals surface area contributed by atoms with Crippen LogP contribution in [0.2, 0.25) is 5.02 Å². The maximum absolute atomic E-state index is 9.67. The predicted octanol–water partition coefficient (Wildman–Crippen LogP) is 4.32. The van der Waals surface area contributed by atoms with E-state index in [1.54, 1.807) is 31.6 Å². The molecule has 0 aliphatic carbocycles. The molecule has 0 spiro atoms. The van der Waals surface area contributed by atoms with Crippen LogP contribution in [-0.2, 0) is 0 Å². The van der Waals surface area contributed by atoms with Gasteiger partial charge in [-0.2, -0.15) is 0 Å². The standard InChI is InChI=1S/C18H14ClN2O/c1-12(22)18-9-13(6-7-21-18)14-8-15(11-20-10-14)16-4-2-3-5-17(16)19/h2,4-12,22H,1H3. The Morgan fingerprint density at radius 2 is 1.95 bits per heavy atom. The number of hydrogen-bond acceptors (Lipinski definition) is 3. The molecule has 1 atom stereocenters. The van der Waals surface area contributed by atoms with Gasteiger partial charge in [0.05, 0.1) is 11.8 Å². The molecule has 22 heavy (non-hydrogen) atoms. The number of aliphatic hydroxyl groups is 1. The third kappa shape index (κ3) is 3.01. The summed E-state index contributed by atoms with van der Waals surface area (Å²) < 4.78 is 0. The second-order valence-corrected chi connectivity index (χ2v) is 5.42. The first-order chi connectivity index (χ1) is 10.6. The highest BCUT2D eigenvalue weighted by Gasteiger charge is 2.08. The lowest BCUT2D eigenvalue weighted by molar-refractivity contribution is 0.194. The van der Waals surface area contributed by atoms with E-state index in [0.29, 0.717) is 10.7 Å². The first kappa shape index (κ1) is 14.7. The van der Waals surface area contributed by atoms with Crippen molar-refractivity contribution in [2.24, 2.45) is 0 Å². The Morgan fingerprint density at radius 3 is 2.73 bits per heavy atom. The van der Waals surface area contributed by atoms with Crippen LogP contribution in [0.1, 0.15) is 18.7 Å². The van der Waals surface area contributed by atoms with Crippen LogP contribution in [0.5, 0.6) is 0 Å². The minimum atomic E-state index is -0.602. The van der Waals surface area contributed by atoms with Crippen molar-refractivity contribution in [3.8, 4) is 22.3 Å². The molecule has 0 saturated carbocycles. The van der Waals surface area contributed by atoms with E-state index in [-0.39, 0.29) is 0 Å². The number of hydrogen-bond donors (Lipinski definition) is 1. The van der Waals surface area contributed by atoms with Crippen LogP contribution in [0.25, 0.3) is 22.3 Å². The van der Waals surface area contributed by atoms with Gasteiger partial charge in [0.2, 0.25) is 0 Å². The lowest BCUT2D eigenvalue weighted by atomic mass is 10.0. The molecule has 0 aliphatic rings. The number of aliphatic hydroxyl groups excluding tert-OH is 1. The van der Waals surface area contributed by atoms with Gasteiger partial charge in [0.25, 0.3) is 0 Å². The fraction of sp³-hybridized carbons (Fsp3) is 0.111. The van der Waals surface area contributed by atoms with Gasteiger partial charge in [-0.05, 0) is 42.8 Å². The summed E-state index contributed by atoms with van der Waals surface area (Å²) in [7, 11) is 0. The molecule has 2 heterocycles. The van der Waals surface area contributed by atoms with Crippen molar-refractivity contribution in [3.63, 3.8) is 0 Å². The topological polar surface area (TPSA) is 46.0 Å². The number of halogens is 1. The minimum absolute atomic E-state index is 0.602. The molecule has 2 aromatic heterocycles. The summed E-state index contributed by atoms with van der Waals surface area (Å²) in [6.07, 6.45) is 4.65. The van der Waals surface area contributed by atoms with Crippen molar-refractivity contribution in [2.45, 2.75) is 13.0 Å². The Balaban J connectivity index is 2.05. The van der Waals surface area contributed by atoms with E-state index in [4.69, 9.17) is 11.6 Å². The van der Waals surface area contributed by atoms with Crippen molar-refractivity contribution < 1.29 is 5.11 Å². The van der Waals surface area contributed by atoms with E-state index in [0.717, 1.165) is 22.3 Å². The Morgan fingerprint density at radius 1 is 1.14 bits per heavy atom. The maximum atomic E-state index is 9.67. The molecule has 1 N–H and O–H groups in total. The molecule has 3 rings (SSSR count). The average molecular weight is 310 g/mol. The van der Waals surface area contributed by atoms with Crippen molar-refractivity contribution in [2.75, 3.05) is 0 Å². The zero-order valence-corrected chi connectivity index (χ0v) is 12.7. The first-order valence-corrected chi connectivity index (χ1v) is 7.28. The average Bonchev–Trinajstić information content (AvgIpc) is 2.55. The van der Waals surface area contributed by atoms with E-state index >= 15 is 0 Å². The molecule has 0 amide bonds. The zero-order chi connectivity index (χ0) is 15.5. The predicted molar refractivity (Wildman–Crippen MR) is 87.4 cm³/mol. The van der Waals surface area contributed by atoms with Crippen molar-refractivity contribution >= 4 is 11.6 Å². The van der Waals surface area contributed by atoms with Gasteiger partial charge >= 0.3 is 0 Å². The molecular formula is C18H14ClN2O. The zero-order valence-electron chi connectivity index (χ0n) is 12.0. The Labute approximate surface area is 134 Å². The van der Waals surface area contributed by atoms with Crippen molar-refractivity contribution in [1.29, 1.82) is 0 Å². The summed E-state index contributed by atoms with van der Waals surface area (Å²) in [5, 5.41) is 10.3. The highest BCUT2D eigenvalue weighted by atomic mass is 35.5.